The van der Waals surface area contributed by atoms with Gasteiger partial charge in [-0.2, -0.15) is 0 Å². The Hall–Kier alpha value is -1.44. The summed E-state index contributed by atoms with van der Waals surface area (Å²) in [5.41, 5.74) is -1.18. The second kappa shape index (κ2) is 6.48. The van der Waals surface area contributed by atoms with Gasteiger partial charge in [0.15, 0.2) is 6.23 Å². The molecule has 2 unspecified atom stereocenters. The lowest BCUT2D eigenvalue weighted by atomic mass is 10.2. The van der Waals surface area contributed by atoms with Crippen molar-refractivity contribution in [2.45, 2.75) is 38.7 Å². The molecular weight excluding hydrogens is 240 g/mol. The van der Waals surface area contributed by atoms with Crippen LogP contribution >= 0.6 is 0 Å². The van der Waals surface area contributed by atoms with Gasteiger partial charge in [-0.25, -0.2) is 4.79 Å². The van der Waals surface area contributed by atoms with Crippen LogP contribution in [0.2, 0.25) is 0 Å². The molecule has 0 saturated heterocycles. The molecule has 7 nitrogen and oxygen atoms in total. The summed E-state index contributed by atoms with van der Waals surface area (Å²) in [6, 6.07) is 1.16. The summed E-state index contributed by atoms with van der Waals surface area (Å²) in [7, 11) is 0. The van der Waals surface area contributed by atoms with E-state index in [4.69, 9.17) is 4.74 Å². The van der Waals surface area contributed by atoms with E-state index in [2.05, 4.69) is 4.98 Å². The Labute approximate surface area is 104 Å². The molecule has 0 aliphatic rings. The van der Waals surface area contributed by atoms with Crippen molar-refractivity contribution in [3.63, 3.8) is 0 Å². The Morgan fingerprint density at radius 2 is 2.17 bits per heavy atom. The van der Waals surface area contributed by atoms with E-state index in [1.54, 1.807) is 6.92 Å². The fraction of sp³-hybridized carbons (Fsp3) is 0.636. The molecule has 18 heavy (non-hydrogen) atoms. The zero-order valence-corrected chi connectivity index (χ0v) is 10.4. The number of rotatable bonds is 6. The Kier molecular flexibility index (Phi) is 5.26. The molecule has 0 fully saturated rings. The highest BCUT2D eigenvalue weighted by Crippen LogP contribution is 2.13. The van der Waals surface area contributed by atoms with Gasteiger partial charge >= 0.3 is 5.69 Å². The molecule has 0 aromatic carbocycles. The third-order valence-electron chi connectivity index (χ3n) is 2.59. The lowest BCUT2D eigenvalue weighted by molar-refractivity contribution is -0.120. The number of aromatic nitrogens is 2. The van der Waals surface area contributed by atoms with Crippen LogP contribution in [0.1, 0.15) is 26.5 Å². The minimum Gasteiger partial charge on any atom is -0.392 e. The molecule has 7 heteroatoms. The van der Waals surface area contributed by atoms with Crippen molar-refractivity contribution in [2.75, 3.05) is 6.61 Å². The highest BCUT2D eigenvalue weighted by atomic mass is 16.5. The molecule has 0 amide bonds. The first-order chi connectivity index (χ1) is 8.49. The molecule has 0 saturated carbocycles. The van der Waals surface area contributed by atoms with Crippen LogP contribution in [-0.4, -0.2) is 38.6 Å². The predicted molar refractivity (Wildman–Crippen MR) is 64.3 cm³/mol. The Balaban J connectivity index is 2.96. The average molecular weight is 258 g/mol. The Morgan fingerprint density at radius 1 is 1.50 bits per heavy atom. The highest BCUT2D eigenvalue weighted by molar-refractivity contribution is 4.84. The van der Waals surface area contributed by atoms with E-state index in [9.17, 15) is 19.8 Å². The van der Waals surface area contributed by atoms with Crippen molar-refractivity contribution in [1.82, 2.24) is 9.55 Å². The van der Waals surface area contributed by atoms with Gasteiger partial charge in [-0.15, -0.1) is 0 Å². The van der Waals surface area contributed by atoms with Crippen molar-refractivity contribution < 1.29 is 14.9 Å². The fourth-order valence-corrected chi connectivity index (χ4v) is 1.60. The maximum absolute atomic E-state index is 11.5. The van der Waals surface area contributed by atoms with E-state index in [0.29, 0.717) is 6.42 Å². The summed E-state index contributed by atoms with van der Waals surface area (Å²) in [6.07, 6.45) is -0.374. The number of aromatic amines is 1. The maximum Gasteiger partial charge on any atom is 0.330 e. The van der Waals surface area contributed by atoms with Crippen molar-refractivity contribution in [2.24, 2.45) is 0 Å². The number of H-pyrrole nitrogens is 1. The second-order valence-corrected chi connectivity index (χ2v) is 3.98. The quantitative estimate of drug-likeness (QED) is 0.620. The van der Waals surface area contributed by atoms with Gasteiger partial charge in [0.1, 0.15) is 0 Å². The molecule has 0 bridgehead atoms. The number of nitrogens with one attached hydrogen (secondary N) is 1. The van der Waals surface area contributed by atoms with E-state index in [1.165, 1.54) is 6.20 Å². The largest absolute Gasteiger partial charge is 0.392 e. The monoisotopic (exact) mass is 258 g/mol. The molecule has 0 aliphatic heterocycles. The molecule has 0 aliphatic carbocycles. The lowest BCUT2D eigenvalue weighted by Crippen LogP contribution is -2.37. The van der Waals surface area contributed by atoms with Crippen molar-refractivity contribution in [3.05, 3.63) is 33.1 Å². The molecule has 1 heterocycles. The van der Waals surface area contributed by atoms with Crippen LogP contribution < -0.4 is 11.2 Å². The number of aliphatic hydroxyl groups is 2. The first-order valence-corrected chi connectivity index (χ1v) is 5.75. The lowest BCUT2D eigenvalue weighted by Gasteiger charge is -2.25. The van der Waals surface area contributed by atoms with Gasteiger partial charge in [-0.05, 0) is 13.3 Å². The molecule has 0 spiro atoms. The van der Waals surface area contributed by atoms with E-state index in [1.807, 2.05) is 6.92 Å². The van der Waals surface area contributed by atoms with Crippen molar-refractivity contribution >= 4 is 0 Å². The molecule has 3 atom stereocenters. The van der Waals surface area contributed by atoms with Crippen LogP contribution in [-0.2, 0) is 4.74 Å². The minimum atomic E-state index is -0.936. The summed E-state index contributed by atoms with van der Waals surface area (Å²) >= 11 is 0. The molecule has 1 aromatic rings. The molecule has 102 valence electrons. The van der Waals surface area contributed by atoms with Gasteiger partial charge in [-0.1, -0.05) is 6.92 Å². The van der Waals surface area contributed by atoms with Crippen LogP contribution in [0.25, 0.3) is 0 Å². The predicted octanol–water partition coefficient (Wildman–Crippen LogP) is -0.797. The number of hydrogen-bond acceptors (Lipinski definition) is 5. The normalized spacial score (nSPS) is 16.2. The van der Waals surface area contributed by atoms with Gasteiger partial charge in [-0.3, -0.25) is 14.3 Å². The summed E-state index contributed by atoms with van der Waals surface area (Å²) in [5.74, 6) is 0. The first kappa shape index (κ1) is 14.6. The third-order valence-corrected chi connectivity index (χ3v) is 2.59. The van der Waals surface area contributed by atoms with E-state index >= 15 is 0 Å². The van der Waals surface area contributed by atoms with Crippen molar-refractivity contribution in [3.8, 4) is 0 Å². The zero-order valence-electron chi connectivity index (χ0n) is 10.4. The summed E-state index contributed by atoms with van der Waals surface area (Å²) in [4.78, 5) is 24.5. The summed E-state index contributed by atoms with van der Waals surface area (Å²) < 4.78 is 6.53. The van der Waals surface area contributed by atoms with Crippen LogP contribution in [0.5, 0.6) is 0 Å². The van der Waals surface area contributed by atoms with Gasteiger partial charge < -0.3 is 14.9 Å². The molecule has 1 aromatic heterocycles. The zero-order chi connectivity index (χ0) is 13.7. The van der Waals surface area contributed by atoms with Crippen LogP contribution in [0, 0.1) is 0 Å². The van der Waals surface area contributed by atoms with E-state index < -0.39 is 36.3 Å². The summed E-state index contributed by atoms with van der Waals surface area (Å²) in [5, 5.41) is 18.7. The van der Waals surface area contributed by atoms with Crippen LogP contribution in [0.15, 0.2) is 21.9 Å². The smallest absolute Gasteiger partial charge is 0.330 e. The molecule has 3 N–H and O–H groups in total. The van der Waals surface area contributed by atoms with Crippen LogP contribution in [0.4, 0.5) is 0 Å². The van der Waals surface area contributed by atoms with Gasteiger partial charge in [0.05, 0.1) is 18.8 Å². The molecule has 1 rings (SSSR count). The third kappa shape index (κ3) is 3.52. The summed E-state index contributed by atoms with van der Waals surface area (Å²) in [6.45, 7) is 2.95. The SMILES string of the molecule is CCC(OC(CO)n1ccc(=O)[nH]c1=O)[C@@H](C)O. The number of nitrogens with zero attached hydrogens (tertiary/aromatic N) is 1. The van der Waals surface area contributed by atoms with Gasteiger partial charge in [0, 0.05) is 12.3 Å². The Bertz CT molecular complexity index is 479. The standard InChI is InChI=1S/C11H18N2O5/c1-3-8(7(2)15)18-10(6-14)13-5-4-9(16)12-11(13)17/h4-5,7-8,10,14-15H,3,6H2,1-2H3,(H,12,16,17)/t7-,8?,10?/m1/s1. The van der Waals surface area contributed by atoms with Gasteiger partial charge in [0.25, 0.3) is 5.56 Å². The maximum atomic E-state index is 11.5. The molecule has 0 radical (unpaired) electrons. The van der Waals surface area contributed by atoms with E-state index in [0.717, 1.165) is 10.6 Å². The highest BCUT2D eigenvalue weighted by Gasteiger charge is 2.20. The molecular formula is C11H18N2O5. The average Bonchev–Trinajstić information content (AvgIpc) is 2.31. The van der Waals surface area contributed by atoms with Gasteiger partial charge in [0.2, 0.25) is 0 Å². The Morgan fingerprint density at radius 3 is 2.61 bits per heavy atom. The van der Waals surface area contributed by atoms with Crippen molar-refractivity contribution in [1.29, 1.82) is 0 Å². The minimum absolute atomic E-state index is 0.435. The second-order valence-electron chi connectivity index (χ2n) is 3.98. The van der Waals surface area contributed by atoms with Crippen LogP contribution in [0.3, 0.4) is 0 Å². The number of hydrogen-bond donors (Lipinski definition) is 3. The number of ether oxygens (including phenoxy) is 1. The fourth-order valence-electron chi connectivity index (χ4n) is 1.60. The van der Waals surface area contributed by atoms with E-state index in [-0.39, 0.29) is 0 Å². The topological polar surface area (TPSA) is 105 Å². The first-order valence-electron chi connectivity index (χ1n) is 5.75. The number of aliphatic hydroxyl groups excluding tert-OH is 2.